The molecule has 0 amide bonds. The van der Waals surface area contributed by atoms with Gasteiger partial charge in [-0.25, -0.2) is 0 Å². The molecule has 0 spiro atoms. The van der Waals surface area contributed by atoms with Gasteiger partial charge in [0.2, 0.25) is 5.75 Å². The van der Waals surface area contributed by atoms with E-state index in [1.165, 1.54) is 20.6 Å². The minimum Gasteiger partial charge on any atom is -0.502 e. The highest BCUT2D eigenvalue weighted by Gasteiger charge is 2.13. The summed E-state index contributed by atoms with van der Waals surface area (Å²) in [4.78, 5) is 11.8. The van der Waals surface area contributed by atoms with Crippen molar-refractivity contribution in [1.82, 2.24) is 0 Å². The van der Waals surface area contributed by atoms with Gasteiger partial charge < -0.3 is 19.7 Å². The van der Waals surface area contributed by atoms with Crippen LogP contribution in [-0.2, 0) is 11.2 Å². The lowest BCUT2D eigenvalue weighted by atomic mass is 10.0. The Morgan fingerprint density at radius 2 is 1.84 bits per heavy atom. The summed E-state index contributed by atoms with van der Waals surface area (Å²) in [5, 5.41) is 20.0. The fourth-order valence-electron chi connectivity index (χ4n) is 2.55. The van der Waals surface area contributed by atoms with E-state index in [4.69, 9.17) is 9.47 Å². The number of ether oxygens (including phenoxy) is 2. The molecule has 1 aromatic carbocycles. The molecular weight excluding hydrogens is 320 g/mol. The average molecular weight is 350 g/mol. The molecule has 1 unspecified atom stereocenters. The van der Waals surface area contributed by atoms with Crippen molar-refractivity contribution in [1.29, 1.82) is 0 Å². The Morgan fingerprint density at radius 1 is 1.20 bits per heavy atom. The zero-order valence-electron chi connectivity index (χ0n) is 15.5. The second kappa shape index (κ2) is 11.5. The zero-order valence-corrected chi connectivity index (χ0v) is 15.5. The van der Waals surface area contributed by atoms with Gasteiger partial charge in [-0.2, -0.15) is 0 Å². The number of allylic oxidation sites excluding steroid dienone is 2. The molecule has 0 bridgehead atoms. The van der Waals surface area contributed by atoms with Crippen LogP contribution in [0.5, 0.6) is 17.2 Å². The topological polar surface area (TPSA) is 76.0 Å². The summed E-state index contributed by atoms with van der Waals surface area (Å²) in [6, 6.07) is 3.42. The van der Waals surface area contributed by atoms with Crippen molar-refractivity contribution in [2.45, 2.75) is 58.0 Å². The van der Waals surface area contributed by atoms with Gasteiger partial charge in [0.05, 0.1) is 20.3 Å². The normalized spacial score (nSPS) is 12.3. The van der Waals surface area contributed by atoms with Gasteiger partial charge in [0.1, 0.15) is 0 Å². The average Bonchev–Trinajstić information content (AvgIpc) is 2.60. The summed E-state index contributed by atoms with van der Waals surface area (Å²) in [7, 11) is 2.94. The van der Waals surface area contributed by atoms with Gasteiger partial charge in [-0.15, -0.1) is 0 Å². The number of carbonyl (C=O) groups is 1. The van der Waals surface area contributed by atoms with Crippen molar-refractivity contribution in [3.05, 3.63) is 29.8 Å². The molecule has 1 rings (SSSR count). The Balaban J connectivity index is 2.48. The number of methoxy groups -OCH3 is 2. The van der Waals surface area contributed by atoms with Crippen LogP contribution in [0.4, 0.5) is 0 Å². The Kier molecular flexibility index (Phi) is 9.70. The monoisotopic (exact) mass is 350 g/mol. The van der Waals surface area contributed by atoms with E-state index < -0.39 is 6.10 Å². The van der Waals surface area contributed by atoms with Gasteiger partial charge in [0, 0.05) is 6.42 Å². The second-order valence-corrected chi connectivity index (χ2v) is 6.11. The first-order chi connectivity index (χ1) is 12.0. The number of ketones is 1. The molecule has 2 N–H and O–H groups in total. The van der Waals surface area contributed by atoms with E-state index in [0.29, 0.717) is 24.3 Å². The first-order valence-corrected chi connectivity index (χ1v) is 8.83. The van der Waals surface area contributed by atoms with E-state index in [9.17, 15) is 15.0 Å². The predicted molar refractivity (Wildman–Crippen MR) is 98.4 cm³/mol. The number of phenolic OH excluding ortho intramolecular Hbond substituents is 1. The number of phenols is 1. The number of rotatable bonds is 12. The van der Waals surface area contributed by atoms with Crippen LogP contribution in [-0.4, -0.2) is 36.3 Å². The minimum absolute atomic E-state index is 0.0438. The van der Waals surface area contributed by atoms with Gasteiger partial charge in [0.25, 0.3) is 0 Å². The number of benzene rings is 1. The highest BCUT2D eigenvalue weighted by Crippen LogP contribution is 2.37. The molecule has 5 nitrogen and oxygen atoms in total. The van der Waals surface area contributed by atoms with Gasteiger partial charge >= 0.3 is 0 Å². The molecule has 5 heteroatoms. The molecule has 0 radical (unpaired) electrons. The van der Waals surface area contributed by atoms with Crippen molar-refractivity contribution in [2.24, 2.45) is 0 Å². The summed E-state index contributed by atoms with van der Waals surface area (Å²) < 4.78 is 10.2. The fourth-order valence-corrected chi connectivity index (χ4v) is 2.55. The molecule has 0 aromatic heterocycles. The number of hydrogen-bond donors (Lipinski definition) is 2. The molecule has 25 heavy (non-hydrogen) atoms. The van der Waals surface area contributed by atoms with Crippen LogP contribution in [0.1, 0.15) is 51.0 Å². The van der Waals surface area contributed by atoms with E-state index >= 15 is 0 Å². The van der Waals surface area contributed by atoms with Crippen LogP contribution in [0.15, 0.2) is 24.3 Å². The van der Waals surface area contributed by atoms with Crippen LogP contribution in [0, 0.1) is 0 Å². The van der Waals surface area contributed by atoms with Crippen molar-refractivity contribution in [3.63, 3.8) is 0 Å². The maximum Gasteiger partial charge on any atom is 0.200 e. The summed E-state index contributed by atoms with van der Waals surface area (Å²) in [5.41, 5.74) is 0.869. The Labute approximate surface area is 150 Å². The number of unbranched alkanes of at least 4 members (excludes halogenated alkanes) is 3. The molecular formula is C20H30O5. The summed E-state index contributed by atoms with van der Waals surface area (Å²) in [5.74, 6) is 0.562. The molecule has 0 aliphatic rings. The number of carbonyl (C=O) groups excluding carboxylic acids is 1. The smallest absolute Gasteiger partial charge is 0.200 e. The van der Waals surface area contributed by atoms with Crippen molar-refractivity contribution in [2.75, 3.05) is 14.2 Å². The molecule has 0 saturated carbocycles. The van der Waals surface area contributed by atoms with Gasteiger partial charge in [-0.05, 0) is 49.5 Å². The SMILES string of the molecule is CCCCC/C=C/C(=O)CC(O)CCc1cc(OC)c(O)c(OC)c1. The molecule has 0 aliphatic carbocycles. The quantitative estimate of drug-likeness (QED) is 0.443. The lowest BCUT2D eigenvalue weighted by molar-refractivity contribution is -0.116. The molecule has 0 saturated heterocycles. The number of aryl methyl sites for hydroxylation is 1. The number of aliphatic hydroxyl groups is 1. The lowest BCUT2D eigenvalue weighted by Gasteiger charge is -2.13. The maximum absolute atomic E-state index is 11.8. The van der Waals surface area contributed by atoms with Crippen molar-refractivity contribution in [3.8, 4) is 17.2 Å². The first-order valence-electron chi connectivity index (χ1n) is 8.83. The molecule has 0 aliphatic heterocycles. The third-order valence-corrected chi connectivity index (χ3v) is 4.02. The highest BCUT2D eigenvalue weighted by atomic mass is 16.5. The molecule has 0 heterocycles. The zero-order chi connectivity index (χ0) is 18.7. The van der Waals surface area contributed by atoms with Crippen LogP contribution < -0.4 is 9.47 Å². The standard InChI is InChI=1S/C20H30O5/c1-4-5-6-7-8-9-16(21)14-17(22)11-10-15-12-18(24-2)20(23)19(13-15)25-3/h8-9,12-13,17,22-23H,4-7,10-11,14H2,1-3H3/b9-8+. The Bertz CT molecular complexity index is 540. The van der Waals surface area contributed by atoms with Gasteiger partial charge in [-0.3, -0.25) is 4.79 Å². The van der Waals surface area contributed by atoms with E-state index in [1.807, 2.05) is 6.08 Å². The van der Waals surface area contributed by atoms with E-state index in [-0.39, 0.29) is 18.0 Å². The van der Waals surface area contributed by atoms with Gasteiger partial charge in [-0.1, -0.05) is 25.8 Å². The van der Waals surface area contributed by atoms with Crippen LogP contribution in [0.2, 0.25) is 0 Å². The number of aliphatic hydroxyl groups excluding tert-OH is 1. The third-order valence-electron chi connectivity index (χ3n) is 4.02. The third kappa shape index (κ3) is 7.61. The largest absolute Gasteiger partial charge is 0.502 e. The van der Waals surface area contributed by atoms with Crippen LogP contribution >= 0.6 is 0 Å². The molecule has 1 aromatic rings. The first kappa shape index (κ1) is 21.0. The van der Waals surface area contributed by atoms with Crippen molar-refractivity contribution < 1.29 is 24.5 Å². The second-order valence-electron chi connectivity index (χ2n) is 6.11. The molecule has 0 fully saturated rings. The predicted octanol–water partition coefficient (Wildman–Crippen LogP) is 3.80. The van der Waals surface area contributed by atoms with Crippen LogP contribution in [0.3, 0.4) is 0 Å². The maximum atomic E-state index is 11.8. The highest BCUT2D eigenvalue weighted by molar-refractivity contribution is 5.89. The number of aromatic hydroxyl groups is 1. The number of hydrogen-bond acceptors (Lipinski definition) is 5. The van der Waals surface area contributed by atoms with Crippen molar-refractivity contribution >= 4 is 5.78 Å². The molecule has 140 valence electrons. The van der Waals surface area contributed by atoms with E-state index in [1.54, 1.807) is 18.2 Å². The van der Waals surface area contributed by atoms with Gasteiger partial charge in [0.15, 0.2) is 17.3 Å². The molecule has 1 atom stereocenters. The Hall–Kier alpha value is -2.01. The lowest BCUT2D eigenvalue weighted by Crippen LogP contribution is -2.13. The summed E-state index contributed by atoms with van der Waals surface area (Å²) in [6.07, 6.45) is 8.22. The van der Waals surface area contributed by atoms with E-state index in [2.05, 4.69) is 6.92 Å². The van der Waals surface area contributed by atoms with Crippen LogP contribution in [0.25, 0.3) is 0 Å². The summed E-state index contributed by atoms with van der Waals surface area (Å²) in [6.45, 7) is 2.14. The summed E-state index contributed by atoms with van der Waals surface area (Å²) >= 11 is 0. The Morgan fingerprint density at radius 3 is 2.40 bits per heavy atom. The fraction of sp³-hybridized carbons (Fsp3) is 0.550. The van der Waals surface area contributed by atoms with E-state index in [0.717, 1.165) is 24.8 Å². The minimum atomic E-state index is -0.696.